The van der Waals surface area contributed by atoms with Crippen LogP contribution in [0.1, 0.15) is 23.2 Å². The van der Waals surface area contributed by atoms with Gasteiger partial charge in [-0.2, -0.15) is 5.10 Å². The van der Waals surface area contributed by atoms with Crippen LogP contribution in [-0.4, -0.2) is 30.1 Å². The van der Waals surface area contributed by atoms with Gasteiger partial charge >= 0.3 is 0 Å². The molecule has 0 aliphatic rings. The van der Waals surface area contributed by atoms with Crippen LogP contribution in [0, 0.1) is 0 Å². The van der Waals surface area contributed by atoms with E-state index in [-0.39, 0.29) is 12.2 Å². The lowest BCUT2D eigenvalue weighted by molar-refractivity contribution is 0.0984. The predicted molar refractivity (Wildman–Crippen MR) is 53.6 cm³/mol. The second kappa shape index (κ2) is 4.26. The number of hydrogen-bond donors (Lipinski definition) is 0. The van der Waals surface area contributed by atoms with Crippen molar-refractivity contribution in [1.29, 1.82) is 0 Å². The van der Waals surface area contributed by atoms with Gasteiger partial charge in [0, 0.05) is 11.9 Å². The molecule has 2 aromatic rings. The van der Waals surface area contributed by atoms with Gasteiger partial charge in [0.15, 0.2) is 5.78 Å². The molecule has 0 saturated heterocycles. The second-order valence-corrected chi connectivity index (χ2v) is 3.49. The average Bonchev–Trinajstić information content (AvgIpc) is 2.87. The molecule has 0 bridgehead atoms. The highest BCUT2D eigenvalue weighted by Gasteiger charge is 2.13. The van der Waals surface area contributed by atoms with Crippen molar-refractivity contribution in [3.05, 3.63) is 23.2 Å². The molecule has 0 radical (unpaired) electrons. The van der Waals surface area contributed by atoms with Gasteiger partial charge in [-0.25, -0.2) is 9.67 Å². The van der Waals surface area contributed by atoms with Crippen molar-refractivity contribution in [2.45, 2.75) is 19.9 Å². The van der Waals surface area contributed by atoms with Crippen molar-refractivity contribution in [2.24, 2.45) is 0 Å². The molecule has 2 heterocycles. The van der Waals surface area contributed by atoms with Gasteiger partial charge in [0.05, 0.1) is 6.42 Å². The van der Waals surface area contributed by atoms with E-state index >= 15 is 0 Å². The molecule has 15 heavy (non-hydrogen) atoms. The smallest absolute Gasteiger partial charge is 0.191 e. The Morgan fingerprint density at radius 2 is 2.47 bits per heavy atom. The van der Waals surface area contributed by atoms with Crippen LogP contribution in [0.3, 0.4) is 0 Å². The molecular weight excluding hydrogens is 214 g/mol. The summed E-state index contributed by atoms with van der Waals surface area (Å²) in [5.41, 5.74) is 0.394. The van der Waals surface area contributed by atoms with Crippen LogP contribution in [0.4, 0.5) is 0 Å². The molecule has 0 spiro atoms. The zero-order chi connectivity index (χ0) is 10.7. The highest BCUT2D eigenvalue weighted by Crippen LogP contribution is 2.04. The minimum Gasteiger partial charge on any atom is -0.292 e. The van der Waals surface area contributed by atoms with Crippen LogP contribution >= 0.6 is 11.5 Å². The summed E-state index contributed by atoms with van der Waals surface area (Å²) in [6, 6.07) is 0. The summed E-state index contributed by atoms with van der Waals surface area (Å²) in [4.78, 5) is 15.7. The first-order valence-corrected chi connectivity index (χ1v) is 5.32. The molecule has 0 aliphatic heterocycles. The molecule has 2 aromatic heterocycles. The summed E-state index contributed by atoms with van der Waals surface area (Å²) in [6.45, 7) is 2.66. The van der Waals surface area contributed by atoms with E-state index in [1.807, 2.05) is 6.92 Å². The van der Waals surface area contributed by atoms with Crippen LogP contribution < -0.4 is 0 Å². The van der Waals surface area contributed by atoms with Crippen LogP contribution in [-0.2, 0) is 13.0 Å². The fourth-order valence-corrected chi connectivity index (χ4v) is 1.67. The zero-order valence-electron chi connectivity index (χ0n) is 8.12. The first kappa shape index (κ1) is 9.91. The standard InChI is InChI=1S/C8H9N5OS/c1-2-13-8(9-5-10-13)3-7(14)6-4-15-12-11-6/h4-5H,2-3H2,1H3. The maximum absolute atomic E-state index is 11.7. The van der Waals surface area contributed by atoms with Crippen LogP contribution in [0.25, 0.3) is 0 Å². The van der Waals surface area contributed by atoms with Gasteiger partial charge in [0.1, 0.15) is 17.8 Å². The van der Waals surface area contributed by atoms with Crippen LogP contribution in [0.2, 0.25) is 0 Å². The number of hydrogen-bond acceptors (Lipinski definition) is 6. The average molecular weight is 223 g/mol. The Balaban J connectivity index is 2.13. The third-order valence-corrected chi connectivity index (χ3v) is 2.46. The molecular formula is C8H9N5OS. The molecule has 78 valence electrons. The molecule has 0 N–H and O–H groups in total. The molecule has 2 rings (SSSR count). The lowest BCUT2D eigenvalue weighted by atomic mass is 10.2. The second-order valence-electron chi connectivity index (χ2n) is 2.88. The first-order chi connectivity index (χ1) is 7.31. The summed E-state index contributed by atoms with van der Waals surface area (Å²) in [6.07, 6.45) is 1.67. The molecule has 0 atom stereocenters. The van der Waals surface area contributed by atoms with E-state index in [4.69, 9.17) is 0 Å². The van der Waals surface area contributed by atoms with Crippen molar-refractivity contribution in [2.75, 3.05) is 0 Å². The monoisotopic (exact) mass is 223 g/mol. The molecule has 7 heteroatoms. The van der Waals surface area contributed by atoms with Crippen molar-refractivity contribution in [1.82, 2.24) is 24.4 Å². The van der Waals surface area contributed by atoms with Crippen molar-refractivity contribution >= 4 is 17.3 Å². The minimum absolute atomic E-state index is 0.0774. The van der Waals surface area contributed by atoms with Crippen molar-refractivity contribution in [3.8, 4) is 0 Å². The number of rotatable bonds is 4. The van der Waals surface area contributed by atoms with Gasteiger partial charge in [0.25, 0.3) is 0 Å². The van der Waals surface area contributed by atoms with E-state index in [0.29, 0.717) is 18.1 Å². The number of aryl methyl sites for hydroxylation is 1. The quantitative estimate of drug-likeness (QED) is 0.709. The first-order valence-electron chi connectivity index (χ1n) is 4.48. The number of ketones is 1. The summed E-state index contributed by atoms with van der Waals surface area (Å²) in [5, 5.41) is 9.34. The van der Waals surface area contributed by atoms with Gasteiger partial charge in [0.2, 0.25) is 0 Å². The van der Waals surface area contributed by atoms with Gasteiger partial charge in [-0.3, -0.25) is 4.79 Å². The van der Waals surface area contributed by atoms with Crippen LogP contribution in [0.5, 0.6) is 0 Å². The molecule has 0 saturated carbocycles. The van der Waals surface area contributed by atoms with Crippen LogP contribution in [0.15, 0.2) is 11.7 Å². The minimum atomic E-state index is -0.0774. The lowest BCUT2D eigenvalue weighted by Gasteiger charge is -1.99. The van der Waals surface area contributed by atoms with E-state index in [0.717, 1.165) is 0 Å². The Bertz CT molecular complexity index is 449. The van der Waals surface area contributed by atoms with E-state index in [1.54, 1.807) is 10.1 Å². The topological polar surface area (TPSA) is 73.6 Å². The molecule has 0 aliphatic carbocycles. The SMILES string of the molecule is CCn1ncnc1CC(=O)c1csnn1. The summed E-state index contributed by atoms with van der Waals surface area (Å²) in [7, 11) is 0. The number of Topliss-reactive ketones (excluding diaryl/α,β-unsaturated/α-hetero) is 1. The Morgan fingerprint density at radius 3 is 3.13 bits per heavy atom. The van der Waals surface area contributed by atoms with Gasteiger partial charge < -0.3 is 0 Å². The number of carbonyl (C=O) groups excluding carboxylic acids is 1. The Morgan fingerprint density at radius 1 is 1.60 bits per heavy atom. The Hall–Kier alpha value is -1.63. The summed E-state index contributed by atoms with van der Waals surface area (Å²) in [5.74, 6) is 0.585. The third kappa shape index (κ3) is 2.07. The van der Waals surface area contributed by atoms with E-state index in [9.17, 15) is 4.79 Å². The van der Waals surface area contributed by atoms with E-state index < -0.39 is 0 Å². The molecule has 0 aromatic carbocycles. The predicted octanol–water partition coefficient (Wildman–Crippen LogP) is 0.575. The Kier molecular flexibility index (Phi) is 2.82. The highest BCUT2D eigenvalue weighted by atomic mass is 32.1. The molecule has 0 unspecified atom stereocenters. The summed E-state index contributed by atoms with van der Waals surface area (Å²) < 4.78 is 5.34. The van der Waals surface area contributed by atoms with E-state index in [1.165, 1.54) is 17.9 Å². The number of carbonyl (C=O) groups is 1. The van der Waals surface area contributed by atoms with Gasteiger partial charge in [-0.05, 0) is 18.5 Å². The third-order valence-electron chi connectivity index (χ3n) is 1.96. The maximum atomic E-state index is 11.7. The summed E-state index contributed by atoms with van der Waals surface area (Å²) >= 11 is 1.17. The Labute approximate surface area is 90.1 Å². The largest absolute Gasteiger partial charge is 0.292 e. The zero-order valence-corrected chi connectivity index (χ0v) is 8.94. The number of aromatic nitrogens is 5. The highest BCUT2D eigenvalue weighted by molar-refractivity contribution is 7.03. The molecule has 0 amide bonds. The fraction of sp³-hybridized carbons (Fsp3) is 0.375. The lowest BCUT2D eigenvalue weighted by Crippen LogP contribution is -2.11. The van der Waals surface area contributed by atoms with Gasteiger partial charge in [-0.15, -0.1) is 5.10 Å². The van der Waals surface area contributed by atoms with Crippen molar-refractivity contribution < 1.29 is 4.79 Å². The molecule has 6 nitrogen and oxygen atoms in total. The molecule has 0 fully saturated rings. The van der Waals surface area contributed by atoms with E-state index in [2.05, 4.69) is 19.7 Å². The maximum Gasteiger partial charge on any atom is 0.191 e. The number of nitrogens with zero attached hydrogens (tertiary/aromatic N) is 5. The fourth-order valence-electron chi connectivity index (χ4n) is 1.21. The van der Waals surface area contributed by atoms with Gasteiger partial charge in [-0.1, -0.05) is 4.49 Å². The normalized spacial score (nSPS) is 10.5. The van der Waals surface area contributed by atoms with Crippen molar-refractivity contribution in [3.63, 3.8) is 0 Å².